The fourth-order valence-electron chi connectivity index (χ4n) is 1.51. The van der Waals surface area contributed by atoms with E-state index in [1.165, 1.54) is 0 Å². The summed E-state index contributed by atoms with van der Waals surface area (Å²) in [6.45, 7) is 2.73. The minimum Gasteiger partial charge on any atom is -0.351 e. The Kier molecular flexibility index (Phi) is 8.57. The first kappa shape index (κ1) is 17.4. The quantitative estimate of drug-likeness (QED) is 0.741. The summed E-state index contributed by atoms with van der Waals surface area (Å²) in [5, 5.41) is 5.42. The third-order valence-electron chi connectivity index (χ3n) is 2.35. The molecule has 2 amide bonds. The maximum absolute atomic E-state index is 11.8. The molecule has 0 heterocycles. The van der Waals surface area contributed by atoms with Gasteiger partial charge in [0.25, 0.3) is 5.91 Å². The Balaban J connectivity index is 0.00000324. The van der Waals surface area contributed by atoms with Crippen LogP contribution in [0.5, 0.6) is 0 Å². The van der Waals surface area contributed by atoms with Crippen LogP contribution in [-0.4, -0.2) is 24.9 Å². The first-order chi connectivity index (χ1) is 8.69. The summed E-state index contributed by atoms with van der Waals surface area (Å²) < 4.78 is 0. The number of rotatable bonds is 6. The monoisotopic (exact) mass is 285 g/mol. The third-order valence-corrected chi connectivity index (χ3v) is 2.35. The van der Waals surface area contributed by atoms with Gasteiger partial charge < -0.3 is 16.4 Å². The summed E-state index contributed by atoms with van der Waals surface area (Å²) in [5.74, 6) is -0.315. The van der Waals surface area contributed by atoms with E-state index in [4.69, 9.17) is 5.73 Å². The highest BCUT2D eigenvalue weighted by Crippen LogP contribution is 2.15. The van der Waals surface area contributed by atoms with E-state index in [0.29, 0.717) is 30.8 Å². The molecule has 0 spiro atoms. The van der Waals surface area contributed by atoms with Crippen molar-refractivity contribution in [1.82, 2.24) is 5.32 Å². The van der Waals surface area contributed by atoms with Gasteiger partial charge in [-0.25, -0.2) is 0 Å². The van der Waals surface area contributed by atoms with Crippen molar-refractivity contribution in [1.29, 1.82) is 0 Å². The number of nitrogens with two attached hydrogens (primary N) is 1. The second-order valence-corrected chi connectivity index (χ2v) is 3.89. The van der Waals surface area contributed by atoms with Crippen LogP contribution < -0.4 is 16.4 Å². The van der Waals surface area contributed by atoms with E-state index in [9.17, 15) is 9.59 Å². The molecule has 1 rings (SSSR count). The highest BCUT2D eigenvalue weighted by atomic mass is 35.5. The molecule has 1 aromatic rings. The van der Waals surface area contributed by atoms with Crippen LogP contribution in [0.2, 0.25) is 0 Å². The molecule has 1 aromatic carbocycles. The fraction of sp³-hybridized carbons (Fsp3) is 0.385. The Morgan fingerprint density at radius 2 is 1.95 bits per heavy atom. The van der Waals surface area contributed by atoms with Crippen molar-refractivity contribution in [2.75, 3.05) is 18.4 Å². The molecule has 106 valence electrons. The lowest BCUT2D eigenvalue weighted by Crippen LogP contribution is -2.29. The van der Waals surface area contributed by atoms with Crippen molar-refractivity contribution < 1.29 is 9.59 Å². The summed E-state index contributed by atoms with van der Waals surface area (Å²) >= 11 is 0. The molecule has 4 N–H and O–H groups in total. The summed E-state index contributed by atoms with van der Waals surface area (Å²) in [5.41, 5.74) is 6.32. The molecule has 0 aliphatic heterocycles. The van der Waals surface area contributed by atoms with Gasteiger partial charge in [-0.15, -0.1) is 12.4 Å². The number of anilines is 1. The Labute approximate surface area is 119 Å². The number of para-hydroxylation sites is 1. The zero-order valence-corrected chi connectivity index (χ0v) is 11.8. The number of carbonyl (C=O) groups is 2. The van der Waals surface area contributed by atoms with Crippen LogP contribution in [0.4, 0.5) is 5.69 Å². The van der Waals surface area contributed by atoms with Crippen LogP contribution in [0.15, 0.2) is 24.3 Å². The van der Waals surface area contributed by atoms with Gasteiger partial charge in [0, 0.05) is 19.5 Å². The Bertz CT molecular complexity index is 424. The Hall–Kier alpha value is -1.59. The van der Waals surface area contributed by atoms with Crippen molar-refractivity contribution in [3.8, 4) is 0 Å². The van der Waals surface area contributed by atoms with Crippen molar-refractivity contribution in [2.45, 2.75) is 19.8 Å². The maximum Gasteiger partial charge on any atom is 0.253 e. The Morgan fingerprint density at radius 1 is 1.26 bits per heavy atom. The van der Waals surface area contributed by atoms with Gasteiger partial charge >= 0.3 is 0 Å². The molecular formula is C13H20ClN3O2. The van der Waals surface area contributed by atoms with Crippen LogP contribution in [0.25, 0.3) is 0 Å². The van der Waals surface area contributed by atoms with E-state index in [1.807, 2.05) is 6.92 Å². The zero-order valence-electron chi connectivity index (χ0n) is 10.9. The molecule has 0 unspecified atom stereocenters. The largest absolute Gasteiger partial charge is 0.351 e. The van der Waals surface area contributed by atoms with Crippen molar-refractivity contribution >= 4 is 29.9 Å². The van der Waals surface area contributed by atoms with Crippen molar-refractivity contribution in [3.63, 3.8) is 0 Å². The van der Waals surface area contributed by atoms with Gasteiger partial charge in [0.05, 0.1) is 11.3 Å². The smallest absolute Gasteiger partial charge is 0.253 e. The van der Waals surface area contributed by atoms with Crippen LogP contribution in [0.1, 0.15) is 30.1 Å². The Morgan fingerprint density at radius 3 is 2.58 bits per heavy atom. The van der Waals surface area contributed by atoms with Gasteiger partial charge in [-0.1, -0.05) is 19.1 Å². The topological polar surface area (TPSA) is 84.2 Å². The number of carbonyl (C=O) groups excluding carboxylic acids is 2. The minimum absolute atomic E-state index is 0. The predicted octanol–water partition coefficient (Wildman–Crippen LogP) is 1.54. The zero-order chi connectivity index (χ0) is 13.4. The lowest BCUT2D eigenvalue weighted by atomic mass is 10.1. The first-order valence-corrected chi connectivity index (χ1v) is 6.06. The molecular weight excluding hydrogens is 266 g/mol. The van der Waals surface area contributed by atoms with Gasteiger partial charge in [-0.3, -0.25) is 9.59 Å². The molecule has 0 radical (unpaired) electrons. The van der Waals surface area contributed by atoms with E-state index in [-0.39, 0.29) is 24.2 Å². The second-order valence-electron chi connectivity index (χ2n) is 3.89. The van der Waals surface area contributed by atoms with Gasteiger partial charge in [0.1, 0.15) is 0 Å². The molecule has 0 saturated carbocycles. The van der Waals surface area contributed by atoms with Crippen LogP contribution >= 0.6 is 12.4 Å². The van der Waals surface area contributed by atoms with Gasteiger partial charge in [-0.2, -0.15) is 0 Å². The summed E-state index contributed by atoms with van der Waals surface area (Å²) in [6.07, 6.45) is 1.21. The number of amides is 2. The predicted molar refractivity (Wildman–Crippen MR) is 78.6 cm³/mol. The third kappa shape index (κ3) is 5.72. The van der Waals surface area contributed by atoms with E-state index >= 15 is 0 Å². The molecule has 0 fully saturated rings. The number of hydrogen-bond acceptors (Lipinski definition) is 3. The molecule has 0 bridgehead atoms. The van der Waals surface area contributed by atoms with E-state index in [0.717, 1.165) is 6.42 Å². The molecule has 5 nitrogen and oxygen atoms in total. The highest BCUT2D eigenvalue weighted by molar-refractivity contribution is 6.03. The SMILES string of the molecule is CCCC(=O)Nc1ccccc1C(=O)NCCN.Cl. The van der Waals surface area contributed by atoms with E-state index < -0.39 is 0 Å². The average molecular weight is 286 g/mol. The molecule has 6 heteroatoms. The fourth-order valence-corrected chi connectivity index (χ4v) is 1.51. The lowest BCUT2D eigenvalue weighted by molar-refractivity contribution is -0.116. The summed E-state index contributed by atoms with van der Waals surface area (Å²) in [6, 6.07) is 6.92. The van der Waals surface area contributed by atoms with Gasteiger partial charge in [-0.05, 0) is 18.6 Å². The number of benzene rings is 1. The summed E-state index contributed by atoms with van der Waals surface area (Å²) in [4.78, 5) is 23.4. The van der Waals surface area contributed by atoms with Gasteiger partial charge in [0.15, 0.2) is 0 Å². The van der Waals surface area contributed by atoms with Crippen LogP contribution in [-0.2, 0) is 4.79 Å². The van der Waals surface area contributed by atoms with E-state index in [2.05, 4.69) is 10.6 Å². The van der Waals surface area contributed by atoms with Gasteiger partial charge in [0.2, 0.25) is 5.91 Å². The maximum atomic E-state index is 11.8. The molecule has 0 aliphatic rings. The number of halogens is 1. The average Bonchev–Trinajstić information content (AvgIpc) is 2.37. The molecule has 0 saturated heterocycles. The standard InChI is InChI=1S/C13H19N3O2.ClH/c1-2-5-12(17)16-11-7-4-3-6-10(11)13(18)15-9-8-14;/h3-4,6-7H,2,5,8-9,14H2,1H3,(H,15,18)(H,16,17);1H. The van der Waals surface area contributed by atoms with Crippen molar-refractivity contribution in [2.24, 2.45) is 5.73 Å². The number of nitrogens with one attached hydrogen (secondary N) is 2. The highest BCUT2D eigenvalue weighted by Gasteiger charge is 2.11. The molecule has 0 atom stereocenters. The molecule has 19 heavy (non-hydrogen) atoms. The minimum atomic E-state index is -0.229. The summed E-state index contributed by atoms with van der Waals surface area (Å²) in [7, 11) is 0. The normalized spacial score (nSPS) is 9.37. The lowest BCUT2D eigenvalue weighted by Gasteiger charge is -2.10. The van der Waals surface area contributed by atoms with Crippen LogP contribution in [0, 0.1) is 0 Å². The van der Waals surface area contributed by atoms with Crippen molar-refractivity contribution in [3.05, 3.63) is 29.8 Å². The number of hydrogen-bond donors (Lipinski definition) is 3. The molecule has 0 aromatic heterocycles. The van der Waals surface area contributed by atoms with E-state index in [1.54, 1.807) is 24.3 Å². The first-order valence-electron chi connectivity index (χ1n) is 6.06. The van der Waals surface area contributed by atoms with Crippen LogP contribution in [0.3, 0.4) is 0 Å². The second kappa shape index (κ2) is 9.35. The molecule has 0 aliphatic carbocycles.